The van der Waals surface area contributed by atoms with E-state index in [1.807, 2.05) is 6.08 Å². The van der Waals surface area contributed by atoms with E-state index in [0.29, 0.717) is 12.8 Å². The molecule has 0 amide bonds. The second-order valence-corrected chi connectivity index (χ2v) is 6.95. The predicted molar refractivity (Wildman–Crippen MR) is 86.9 cm³/mol. The van der Waals surface area contributed by atoms with Crippen molar-refractivity contribution >= 4 is 5.78 Å². The quantitative estimate of drug-likeness (QED) is 0.507. The van der Waals surface area contributed by atoms with Crippen LogP contribution in [0.5, 0.6) is 0 Å². The average Bonchev–Trinajstić information content (AvgIpc) is 2.78. The van der Waals surface area contributed by atoms with Crippen molar-refractivity contribution in [3.8, 4) is 0 Å². The fourth-order valence-corrected chi connectivity index (χ4v) is 4.79. The molecule has 132 valence electrons. The van der Waals surface area contributed by atoms with Gasteiger partial charge in [0.2, 0.25) is 0 Å². The van der Waals surface area contributed by atoms with Gasteiger partial charge in [0, 0.05) is 45.5 Å². The zero-order valence-corrected chi connectivity index (χ0v) is 14.8. The zero-order chi connectivity index (χ0) is 17.1. The lowest BCUT2D eigenvalue weighted by Crippen LogP contribution is -2.50. The van der Waals surface area contributed by atoms with E-state index in [2.05, 4.69) is 13.5 Å². The minimum atomic E-state index is -0.360. The van der Waals surface area contributed by atoms with Crippen LogP contribution < -0.4 is 0 Å². The fourth-order valence-electron chi connectivity index (χ4n) is 4.79. The normalized spacial score (nSPS) is 37.2. The van der Waals surface area contributed by atoms with Crippen LogP contribution in [0.25, 0.3) is 0 Å². The number of carbonyl (C=O) groups excluding carboxylic acids is 1. The third-order valence-corrected chi connectivity index (χ3v) is 6.13. The number of hydrogen-bond donors (Lipinski definition) is 0. The highest BCUT2D eigenvalue weighted by Crippen LogP contribution is 2.64. The molecule has 0 spiro atoms. The molecular formula is C18H30O5. The van der Waals surface area contributed by atoms with Gasteiger partial charge in [0.05, 0.1) is 6.10 Å². The number of ketones is 1. The summed E-state index contributed by atoms with van der Waals surface area (Å²) in [6, 6.07) is 0. The third-order valence-electron chi connectivity index (χ3n) is 6.13. The SMILES string of the molecule is C=C[C@@]12CC(=O)[C@H](CC(OC)OC)[C@@]1(C)CCC[C@@H]2OCOC. The molecule has 2 rings (SSSR count). The van der Waals surface area contributed by atoms with E-state index in [1.54, 1.807) is 21.3 Å². The maximum atomic E-state index is 12.9. The number of ether oxygens (including phenoxy) is 4. The highest BCUT2D eigenvalue weighted by Gasteiger charge is 2.64. The van der Waals surface area contributed by atoms with Crippen LogP contribution in [0.4, 0.5) is 0 Å². The number of Topliss-reactive ketones (excluding diaryl/α,β-unsaturated/α-hetero) is 1. The van der Waals surface area contributed by atoms with Gasteiger partial charge < -0.3 is 18.9 Å². The lowest BCUT2D eigenvalue weighted by atomic mass is 9.54. The lowest BCUT2D eigenvalue weighted by molar-refractivity contribution is -0.165. The second kappa shape index (κ2) is 7.43. The maximum absolute atomic E-state index is 12.9. The van der Waals surface area contributed by atoms with Gasteiger partial charge in [-0.15, -0.1) is 6.58 Å². The van der Waals surface area contributed by atoms with Crippen molar-refractivity contribution in [2.75, 3.05) is 28.1 Å². The Labute approximate surface area is 139 Å². The molecule has 5 heteroatoms. The van der Waals surface area contributed by atoms with E-state index in [9.17, 15) is 4.79 Å². The highest BCUT2D eigenvalue weighted by molar-refractivity contribution is 5.86. The maximum Gasteiger partial charge on any atom is 0.157 e. The summed E-state index contributed by atoms with van der Waals surface area (Å²) >= 11 is 0. The van der Waals surface area contributed by atoms with Gasteiger partial charge in [-0.05, 0) is 18.3 Å². The van der Waals surface area contributed by atoms with Gasteiger partial charge in [0.15, 0.2) is 6.29 Å². The summed E-state index contributed by atoms with van der Waals surface area (Å²) in [4.78, 5) is 12.9. The fraction of sp³-hybridized carbons (Fsp3) is 0.833. The van der Waals surface area contributed by atoms with Gasteiger partial charge in [-0.25, -0.2) is 0 Å². The molecule has 2 aliphatic rings. The topological polar surface area (TPSA) is 54.0 Å². The monoisotopic (exact) mass is 326 g/mol. The van der Waals surface area contributed by atoms with Crippen LogP contribution in [0.15, 0.2) is 12.7 Å². The Morgan fingerprint density at radius 3 is 2.61 bits per heavy atom. The number of methoxy groups -OCH3 is 3. The largest absolute Gasteiger partial charge is 0.359 e. The van der Waals surface area contributed by atoms with Crippen molar-refractivity contribution in [1.29, 1.82) is 0 Å². The van der Waals surface area contributed by atoms with Crippen molar-refractivity contribution in [2.45, 2.75) is 51.4 Å². The van der Waals surface area contributed by atoms with E-state index < -0.39 is 0 Å². The molecule has 2 saturated carbocycles. The van der Waals surface area contributed by atoms with Crippen LogP contribution in [-0.2, 0) is 23.7 Å². The first-order valence-corrected chi connectivity index (χ1v) is 8.31. The molecule has 0 N–H and O–H groups in total. The van der Waals surface area contributed by atoms with Crippen LogP contribution in [0.2, 0.25) is 0 Å². The summed E-state index contributed by atoms with van der Waals surface area (Å²) in [7, 11) is 4.84. The Morgan fingerprint density at radius 1 is 1.35 bits per heavy atom. The van der Waals surface area contributed by atoms with E-state index in [1.165, 1.54) is 0 Å². The van der Waals surface area contributed by atoms with E-state index in [4.69, 9.17) is 18.9 Å². The van der Waals surface area contributed by atoms with E-state index >= 15 is 0 Å². The Morgan fingerprint density at radius 2 is 2.04 bits per heavy atom. The molecule has 0 bridgehead atoms. The molecule has 0 unspecified atom stereocenters. The van der Waals surface area contributed by atoms with Crippen LogP contribution in [0, 0.1) is 16.7 Å². The Hall–Kier alpha value is -0.750. The molecule has 2 fully saturated rings. The van der Waals surface area contributed by atoms with Gasteiger partial charge in [-0.3, -0.25) is 4.79 Å². The average molecular weight is 326 g/mol. The summed E-state index contributed by atoms with van der Waals surface area (Å²) in [5, 5.41) is 0. The van der Waals surface area contributed by atoms with Crippen molar-refractivity contribution in [2.24, 2.45) is 16.7 Å². The number of hydrogen-bond acceptors (Lipinski definition) is 5. The summed E-state index contributed by atoms with van der Waals surface area (Å²) in [6.45, 7) is 6.52. The zero-order valence-electron chi connectivity index (χ0n) is 14.8. The Balaban J connectivity index is 2.32. The predicted octanol–water partition coefficient (Wildman–Crippen LogP) is 2.94. The third kappa shape index (κ3) is 3.00. The molecule has 23 heavy (non-hydrogen) atoms. The number of rotatable bonds is 8. The summed E-state index contributed by atoms with van der Waals surface area (Å²) in [6.07, 6.45) is 5.58. The van der Waals surface area contributed by atoms with Crippen molar-refractivity contribution in [3.63, 3.8) is 0 Å². The summed E-state index contributed by atoms with van der Waals surface area (Å²) < 4.78 is 21.7. The van der Waals surface area contributed by atoms with Crippen molar-refractivity contribution < 1.29 is 23.7 Å². The molecule has 5 nitrogen and oxygen atoms in total. The van der Waals surface area contributed by atoms with Crippen molar-refractivity contribution in [3.05, 3.63) is 12.7 Å². The molecule has 2 aliphatic carbocycles. The molecule has 0 aromatic carbocycles. The smallest absolute Gasteiger partial charge is 0.157 e. The molecule has 0 aromatic rings. The molecule has 0 radical (unpaired) electrons. The van der Waals surface area contributed by atoms with Crippen molar-refractivity contribution in [1.82, 2.24) is 0 Å². The standard InChI is InChI=1S/C18H30O5/c1-6-18-11-14(19)13(10-16(21-4)22-5)17(18,2)9-7-8-15(18)23-12-20-3/h6,13,15-16H,1,7-12H2,2-5H3/t13-,15-,17+,18-/m0/s1. The van der Waals surface area contributed by atoms with Gasteiger partial charge in [-0.1, -0.05) is 19.4 Å². The van der Waals surface area contributed by atoms with Crippen LogP contribution in [0.1, 0.15) is 39.0 Å². The highest BCUT2D eigenvalue weighted by atomic mass is 16.7. The first-order chi connectivity index (χ1) is 11.0. The minimum Gasteiger partial charge on any atom is -0.359 e. The first-order valence-electron chi connectivity index (χ1n) is 8.31. The second-order valence-electron chi connectivity index (χ2n) is 6.95. The van der Waals surface area contributed by atoms with Crippen LogP contribution >= 0.6 is 0 Å². The van der Waals surface area contributed by atoms with Gasteiger partial charge in [-0.2, -0.15) is 0 Å². The summed E-state index contributed by atoms with van der Waals surface area (Å²) in [5.41, 5.74) is -0.518. The molecule has 0 aromatic heterocycles. The molecule has 0 heterocycles. The van der Waals surface area contributed by atoms with Crippen LogP contribution in [-0.4, -0.2) is 46.3 Å². The molecule has 0 aliphatic heterocycles. The Kier molecular flexibility index (Phi) is 6.00. The number of carbonyl (C=O) groups is 1. The summed E-state index contributed by atoms with van der Waals surface area (Å²) in [5.74, 6) is 0.166. The number of fused-ring (bicyclic) bond motifs is 1. The molecule has 4 atom stereocenters. The van der Waals surface area contributed by atoms with E-state index in [-0.39, 0.29) is 41.7 Å². The van der Waals surface area contributed by atoms with Gasteiger partial charge in [0.25, 0.3) is 0 Å². The van der Waals surface area contributed by atoms with Gasteiger partial charge in [0.1, 0.15) is 12.6 Å². The first kappa shape index (κ1) is 18.6. The Bertz CT molecular complexity index is 433. The lowest BCUT2D eigenvalue weighted by Gasteiger charge is -2.52. The minimum absolute atomic E-state index is 0.0313. The molecular weight excluding hydrogens is 296 g/mol. The van der Waals surface area contributed by atoms with E-state index in [0.717, 1.165) is 19.3 Å². The van der Waals surface area contributed by atoms with Crippen LogP contribution in [0.3, 0.4) is 0 Å². The molecule has 0 saturated heterocycles. The van der Waals surface area contributed by atoms with Gasteiger partial charge >= 0.3 is 0 Å².